The van der Waals surface area contributed by atoms with Crippen molar-refractivity contribution in [3.63, 3.8) is 0 Å². The fourth-order valence-corrected chi connectivity index (χ4v) is 2.90. The Labute approximate surface area is 143 Å². The summed E-state index contributed by atoms with van der Waals surface area (Å²) in [6, 6.07) is 1.65. The molecule has 0 bridgehead atoms. The van der Waals surface area contributed by atoms with Crippen LogP contribution < -0.4 is 4.74 Å². The highest BCUT2D eigenvalue weighted by atomic mass is 35.5. The Bertz CT molecular complexity index is 541. The van der Waals surface area contributed by atoms with E-state index in [2.05, 4.69) is 23.7 Å². The summed E-state index contributed by atoms with van der Waals surface area (Å²) in [6.07, 6.45) is 1.54. The first kappa shape index (κ1) is 18.0. The van der Waals surface area contributed by atoms with E-state index in [0.29, 0.717) is 22.4 Å². The lowest BCUT2D eigenvalue weighted by Crippen LogP contribution is -2.49. The Morgan fingerprint density at radius 3 is 2.43 bits per heavy atom. The van der Waals surface area contributed by atoms with Gasteiger partial charge in [-0.1, -0.05) is 25.4 Å². The number of amides is 1. The summed E-state index contributed by atoms with van der Waals surface area (Å²) in [5.41, 5.74) is 0.517. The summed E-state index contributed by atoms with van der Waals surface area (Å²) in [7, 11) is 0. The molecule has 0 spiro atoms. The van der Waals surface area contributed by atoms with Crippen LogP contribution in [0.1, 0.15) is 38.1 Å². The fourth-order valence-electron chi connectivity index (χ4n) is 2.68. The summed E-state index contributed by atoms with van der Waals surface area (Å²) in [5, 5.41) is 0.378. The molecule has 0 radical (unpaired) electrons. The van der Waals surface area contributed by atoms with Crippen molar-refractivity contribution in [1.82, 2.24) is 14.8 Å². The molecule has 2 rings (SSSR count). The quantitative estimate of drug-likeness (QED) is 0.827. The topological polar surface area (TPSA) is 45.7 Å². The van der Waals surface area contributed by atoms with Gasteiger partial charge in [-0.3, -0.25) is 9.69 Å². The molecule has 1 fully saturated rings. The minimum Gasteiger partial charge on any atom is -0.474 e. The van der Waals surface area contributed by atoms with Crippen molar-refractivity contribution in [2.24, 2.45) is 5.92 Å². The summed E-state index contributed by atoms with van der Waals surface area (Å²) < 4.78 is 5.50. The molecule has 5 nitrogen and oxygen atoms in total. The molecule has 0 N–H and O–H groups in total. The molecular weight excluding hydrogens is 314 g/mol. The molecule has 128 valence electrons. The zero-order valence-corrected chi connectivity index (χ0v) is 15.1. The number of carbonyl (C=O) groups excluding carboxylic acids is 1. The lowest BCUT2D eigenvalue weighted by Gasteiger charge is -2.35. The maximum atomic E-state index is 12.6. The number of rotatable bonds is 5. The van der Waals surface area contributed by atoms with Crippen molar-refractivity contribution in [2.45, 2.75) is 33.8 Å². The molecular formula is C17H26ClN3O2. The highest BCUT2D eigenvalue weighted by molar-refractivity contribution is 6.32. The summed E-state index contributed by atoms with van der Waals surface area (Å²) in [4.78, 5) is 21.0. The van der Waals surface area contributed by atoms with Crippen molar-refractivity contribution in [2.75, 3.05) is 32.7 Å². The first-order valence-corrected chi connectivity index (χ1v) is 8.58. The average Bonchev–Trinajstić information content (AvgIpc) is 2.48. The lowest BCUT2D eigenvalue weighted by molar-refractivity contribution is 0.0623. The SMILES string of the molecule is CC(C)CN1CCN(C(=O)c2cnc(OC(C)C)c(Cl)c2)CC1. The first-order chi connectivity index (χ1) is 10.9. The van der Waals surface area contributed by atoms with Gasteiger partial charge in [-0.15, -0.1) is 0 Å². The highest BCUT2D eigenvalue weighted by Gasteiger charge is 2.23. The number of hydrogen-bond donors (Lipinski definition) is 0. The van der Waals surface area contributed by atoms with E-state index in [4.69, 9.17) is 16.3 Å². The second-order valence-corrected chi connectivity index (χ2v) is 7.07. The third-order valence-electron chi connectivity index (χ3n) is 3.68. The van der Waals surface area contributed by atoms with Crippen LogP contribution >= 0.6 is 11.6 Å². The molecule has 0 atom stereocenters. The molecule has 1 aromatic rings. The minimum absolute atomic E-state index is 0.00409. The van der Waals surface area contributed by atoms with Gasteiger partial charge in [0.1, 0.15) is 5.02 Å². The van der Waals surface area contributed by atoms with Gasteiger partial charge in [0.25, 0.3) is 5.91 Å². The zero-order valence-electron chi connectivity index (χ0n) is 14.4. The van der Waals surface area contributed by atoms with Crippen molar-refractivity contribution in [1.29, 1.82) is 0 Å². The zero-order chi connectivity index (χ0) is 17.0. The lowest BCUT2D eigenvalue weighted by atomic mass is 10.1. The molecule has 6 heteroatoms. The Balaban J connectivity index is 1.97. The number of piperazine rings is 1. The van der Waals surface area contributed by atoms with Crippen LogP contribution in [-0.2, 0) is 0 Å². The molecule has 23 heavy (non-hydrogen) atoms. The number of hydrogen-bond acceptors (Lipinski definition) is 4. The summed E-state index contributed by atoms with van der Waals surface area (Å²) in [6.45, 7) is 12.6. The van der Waals surface area contributed by atoms with Crippen molar-refractivity contribution in [3.8, 4) is 5.88 Å². The van der Waals surface area contributed by atoms with Gasteiger partial charge >= 0.3 is 0 Å². The predicted molar refractivity (Wildman–Crippen MR) is 92.2 cm³/mol. The van der Waals surface area contributed by atoms with Gasteiger partial charge in [0.05, 0.1) is 11.7 Å². The van der Waals surface area contributed by atoms with Gasteiger partial charge in [0.2, 0.25) is 5.88 Å². The van der Waals surface area contributed by atoms with Crippen molar-refractivity contribution < 1.29 is 9.53 Å². The predicted octanol–water partition coefficient (Wildman–Crippen LogP) is 2.94. The molecule has 0 aliphatic carbocycles. The number of aromatic nitrogens is 1. The van der Waals surface area contributed by atoms with Crippen molar-refractivity contribution >= 4 is 17.5 Å². The van der Waals surface area contributed by atoms with E-state index in [1.807, 2.05) is 18.7 Å². The monoisotopic (exact) mass is 339 g/mol. The van der Waals surface area contributed by atoms with Crippen LogP contribution in [0.4, 0.5) is 0 Å². The van der Waals surface area contributed by atoms with E-state index in [1.165, 1.54) is 0 Å². The largest absolute Gasteiger partial charge is 0.474 e. The van der Waals surface area contributed by atoms with Crippen LogP contribution in [0.15, 0.2) is 12.3 Å². The summed E-state index contributed by atoms with van der Waals surface area (Å²) in [5.74, 6) is 1.01. The number of halogens is 1. The smallest absolute Gasteiger partial charge is 0.255 e. The molecule has 1 aliphatic rings. The third kappa shape index (κ3) is 5.08. The van der Waals surface area contributed by atoms with Crippen LogP contribution in [0.3, 0.4) is 0 Å². The highest BCUT2D eigenvalue weighted by Crippen LogP contribution is 2.24. The Hall–Kier alpha value is -1.33. The van der Waals surface area contributed by atoms with Crippen LogP contribution in [0.5, 0.6) is 5.88 Å². The van der Waals surface area contributed by atoms with E-state index in [0.717, 1.165) is 32.7 Å². The van der Waals surface area contributed by atoms with Gasteiger partial charge in [-0.2, -0.15) is 0 Å². The maximum absolute atomic E-state index is 12.6. The van der Waals surface area contributed by atoms with Gasteiger partial charge in [0.15, 0.2) is 0 Å². The number of ether oxygens (including phenoxy) is 1. The Morgan fingerprint density at radius 1 is 1.26 bits per heavy atom. The van der Waals surface area contributed by atoms with Gasteiger partial charge in [-0.25, -0.2) is 4.98 Å². The molecule has 1 aromatic heterocycles. The van der Waals surface area contributed by atoms with E-state index in [1.54, 1.807) is 12.3 Å². The maximum Gasteiger partial charge on any atom is 0.255 e. The number of pyridine rings is 1. The van der Waals surface area contributed by atoms with E-state index in [-0.39, 0.29) is 12.0 Å². The van der Waals surface area contributed by atoms with Crippen LogP contribution in [0.2, 0.25) is 5.02 Å². The second kappa shape index (κ2) is 7.97. The molecule has 0 aromatic carbocycles. The Morgan fingerprint density at radius 2 is 1.91 bits per heavy atom. The van der Waals surface area contributed by atoms with Gasteiger partial charge < -0.3 is 9.64 Å². The molecule has 1 aliphatic heterocycles. The molecule has 0 saturated carbocycles. The number of carbonyl (C=O) groups is 1. The van der Waals surface area contributed by atoms with Crippen molar-refractivity contribution in [3.05, 3.63) is 22.8 Å². The normalized spacial score (nSPS) is 16.2. The number of nitrogens with zero attached hydrogens (tertiary/aromatic N) is 3. The molecule has 1 amide bonds. The van der Waals surface area contributed by atoms with Crippen LogP contribution in [0, 0.1) is 5.92 Å². The fraction of sp³-hybridized carbons (Fsp3) is 0.647. The van der Waals surface area contributed by atoms with E-state index in [9.17, 15) is 4.79 Å². The van der Waals surface area contributed by atoms with Crippen LogP contribution in [0.25, 0.3) is 0 Å². The second-order valence-electron chi connectivity index (χ2n) is 6.66. The molecule has 2 heterocycles. The average molecular weight is 340 g/mol. The standard InChI is InChI=1S/C17H26ClN3O2/c1-12(2)11-20-5-7-21(8-6-20)17(22)14-9-15(18)16(19-10-14)23-13(3)4/h9-10,12-13H,5-8,11H2,1-4H3. The van der Waals surface area contributed by atoms with E-state index < -0.39 is 0 Å². The molecule has 0 unspecified atom stereocenters. The third-order valence-corrected chi connectivity index (χ3v) is 3.96. The van der Waals surface area contributed by atoms with E-state index >= 15 is 0 Å². The summed E-state index contributed by atoms with van der Waals surface area (Å²) >= 11 is 6.17. The van der Waals surface area contributed by atoms with Gasteiger partial charge in [-0.05, 0) is 25.8 Å². The van der Waals surface area contributed by atoms with Gasteiger partial charge in [0, 0.05) is 38.9 Å². The molecule has 1 saturated heterocycles. The minimum atomic E-state index is -0.0142. The van der Waals surface area contributed by atoms with Crippen LogP contribution in [-0.4, -0.2) is 59.5 Å². The first-order valence-electron chi connectivity index (χ1n) is 8.20. The Kier molecular flexibility index (Phi) is 6.25.